The molecule has 2 aliphatic carbocycles. The van der Waals surface area contributed by atoms with Gasteiger partial charge in [0.25, 0.3) is 5.92 Å². The lowest BCUT2D eigenvalue weighted by molar-refractivity contribution is -0.144. The van der Waals surface area contributed by atoms with Gasteiger partial charge >= 0.3 is 6.18 Å². The number of aliphatic hydroxyl groups is 1. The van der Waals surface area contributed by atoms with Crippen LogP contribution in [0.2, 0.25) is 5.02 Å². The van der Waals surface area contributed by atoms with Crippen LogP contribution in [-0.4, -0.2) is 63.4 Å². The molecule has 0 saturated heterocycles. The van der Waals surface area contributed by atoms with E-state index in [-0.39, 0.29) is 76.8 Å². The molecule has 3 heterocycles. The summed E-state index contributed by atoms with van der Waals surface area (Å²) in [5, 5.41) is 23.0. The van der Waals surface area contributed by atoms with Crippen LogP contribution < -0.4 is 15.4 Å². The Hall–Kier alpha value is -4.95. The normalized spacial score (nSPS) is 18.0. The number of anilines is 2. The minimum absolute atomic E-state index is 0.00233. The van der Waals surface area contributed by atoms with Crippen molar-refractivity contribution in [2.45, 2.75) is 49.9 Å². The Morgan fingerprint density at radius 3 is 2.39 bits per heavy atom. The number of sulfonamides is 1. The zero-order valence-electron chi connectivity index (χ0n) is 29.4. The first-order valence-electron chi connectivity index (χ1n) is 17.1. The van der Waals surface area contributed by atoms with Crippen LogP contribution in [0.5, 0.6) is 0 Å². The first-order chi connectivity index (χ1) is 26.3. The number of hydrogen-bond acceptors (Lipinski definition) is 8. The number of hydrogen-bond donors (Lipinski definition) is 4. The van der Waals surface area contributed by atoms with E-state index in [1.165, 1.54) is 23.9 Å². The largest absolute Gasteiger partial charge is 0.435 e. The molecule has 56 heavy (non-hydrogen) atoms. The zero-order valence-corrected chi connectivity index (χ0v) is 30.9. The molecule has 2 aromatic carbocycles. The van der Waals surface area contributed by atoms with E-state index in [1.807, 2.05) is 0 Å². The van der Waals surface area contributed by atoms with Crippen LogP contribution in [0.1, 0.15) is 53.0 Å². The maximum absolute atomic E-state index is 15.6. The van der Waals surface area contributed by atoms with Gasteiger partial charge < -0.3 is 15.7 Å². The van der Waals surface area contributed by atoms with Crippen LogP contribution in [0.15, 0.2) is 42.5 Å². The van der Waals surface area contributed by atoms with Crippen molar-refractivity contribution in [1.82, 2.24) is 29.9 Å². The Balaban J connectivity index is 1.36. The Labute approximate surface area is 319 Å². The third-order valence-corrected chi connectivity index (χ3v) is 10.7. The molecule has 0 spiro atoms. The van der Waals surface area contributed by atoms with Crippen LogP contribution in [-0.2, 0) is 46.9 Å². The van der Waals surface area contributed by atoms with E-state index < -0.39 is 81.0 Å². The highest BCUT2D eigenvalue weighted by Gasteiger charge is 2.63. The highest BCUT2D eigenvalue weighted by atomic mass is 35.5. The molecule has 4 N–H and O–H groups in total. The number of nitrogens with one attached hydrogen (secondary N) is 3. The molecule has 1 saturated carbocycles. The number of benzene rings is 2. The first kappa shape index (κ1) is 39.3. The van der Waals surface area contributed by atoms with Crippen LogP contribution in [0.25, 0.3) is 22.0 Å². The van der Waals surface area contributed by atoms with Gasteiger partial charge in [-0.05, 0) is 61.1 Å². The molecule has 7 rings (SSSR count). The molecule has 298 valence electrons. The number of fused-ring (bicyclic) bond motifs is 4. The van der Waals surface area contributed by atoms with Gasteiger partial charge in [0.15, 0.2) is 11.5 Å². The Kier molecular flexibility index (Phi) is 9.97. The van der Waals surface area contributed by atoms with E-state index in [0.29, 0.717) is 16.3 Å². The molecule has 1 fully saturated rings. The number of aryl methyl sites for hydroxylation is 1. The van der Waals surface area contributed by atoms with Crippen molar-refractivity contribution in [2.75, 3.05) is 29.4 Å². The van der Waals surface area contributed by atoms with Gasteiger partial charge in [-0.1, -0.05) is 17.7 Å². The van der Waals surface area contributed by atoms with Gasteiger partial charge in [-0.15, -0.1) is 0 Å². The summed E-state index contributed by atoms with van der Waals surface area (Å²) in [6, 6.07) is 7.34. The van der Waals surface area contributed by atoms with Gasteiger partial charge in [0, 0.05) is 42.3 Å². The molecule has 0 radical (unpaired) electrons. The lowest BCUT2D eigenvalue weighted by Crippen LogP contribution is -2.36. The minimum Gasteiger partial charge on any atom is -0.395 e. The third-order valence-electron chi connectivity index (χ3n) is 9.86. The van der Waals surface area contributed by atoms with Crippen LogP contribution >= 0.6 is 11.6 Å². The predicted molar refractivity (Wildman–Crippen MR) is 191 cm³/mol. The number of rotatable bonds is 12. The summed E-state index contributed by atoms with van der Waals surface area (Å²) in [6.07, 6.45) is -4.43. The summed E-state index contributed by atoms with van der Waals surface area (Å²) in [5.41, 5.74) is -2.21. The fourth-order valence-corrected chi connectivity index (χ4v) is 8.34. The number of carbonyl (C=O) groups excluding carboxylic acids is 1. The van der Waals surface area contributed by atoms with Crippen LogP contribution in [0.4, 0.5) is 42.4 Å². The fourth-order valence-electron chi connectivity index (χ4n) is 7.61. The van der Waals surface area contributed by atoms with E-state index in [0.717, 1.165) is 18.4 Å². The quantitative estimate of drug-likeness (QED) is 0.108. The van der Waals surface area contributed by atoms with E-state index in [2.05, 4.69) is 30.5 Å². The summed E-state index contributed by atoms with van der Waals surface area (Å²) in [6.45, 7) is -1.37. The van der Waals surface area contributed by atoms with E-state index in [4.69, 9.17) is 11.6 Å². The molecule has 0 aliphatic heterocycles. The smallest absolute Gasteiger partial charge is 0.395 e. The molecular formula is C35H32ClF7N8O4S. The number of aliphatic hydroxyl groups excluding tert-OH is 1. The standard InChI is InChI=1S/C35H32ClF7N8O4S/c1-50-30-20(4-7-23(36)28(30)33(48-50)49-56(2,54)55)19-5-8-25(44-9-10-52)46-29(19)24(13-16-11-17(37)14-18(38)12-16)45-26(53)15-51-32-27(31(47-51)35(41,42)43)21-3-6-22(21)34(32,39)40/h4-5,7-8,11-12,14,21-22,24,52H,3,6,9-10,13,15H2,1-2H3,(H,44,46)(H,45,53)(H,48,49)/t21-,22+,24-/m0/s1. The van der Waals surface area contributed by atoms with Gasteiger partial charge in [0.2, 0.25) is 15.9 Å². The second-order valence-corrected chi connectivity index (χ2v) is 15.9. The van der Waals surface area contributed by atoms with E-state index in [9.17, 15) is 40.3 Å². The van der Waals surface area contributed by atoms with Gasteiger partial charge in [-0.3, -0.25) is 18.9 Å². The monoisotopic (exact) mass is 828 g/mol. The summed E-state index contributed by atoms with van der Waals surface area (Å²) < 4.78 is 131. The molecule has 0 bridgehead atoms. The van der Waals surface area contributed by atoms with Crippen molar-refractivity contribution in [3.05, 3.63) is 87.3 Å². The molecule has 3 aromatic heterocycles. The average molecular weight is 829 g/mol. The summed E-state index contributed by atoms with van der Waals surface area (Å²) in [5.74, 6) is -9.07. The van der Waals surface area contributed by atoms with Crippen molar-refractivity contribution >= 4 is 50.1 Å². The molecular weight excluding hydrogens is 797 g/mol. The average Bonchev–Trinajstić information content (AvgIpc) is 3.64. The Morgan fingerprint density at radius 2 is 1.77 bits per heavy atom. The lowest BCUT2D eigenvalue weighted by atomic mass is 9.73. The zero-order chi connectivity index (χ0) is 40.5. The third kappa shape index (κ3) is 7.24. The van der Waals surface area contributed by atoms with Gasteiger partial charge in [-0.2, -0.15) is 32.1 Å². The van der Waals surface area contributed by atoms with Crippen LogP contribution in [0.3, 0.4) is 0 Å². The van der Waals surface area contributed by atoms with Gasteiger partial charge in [-0.25, -0.2) is 22.2 Å². The van der Waals surface area contributed by atoms with Crippen molar-refractivity contribution in [2.24, 2.45) is 13.0 Å². The predicted octanol–water partition coefficient (Wildman–Crippen LogP) is 6.26. The molecule has 21 heteroatoms. The number of halogens is 8. The highest BCUT2D eigenvalue weighted by Crippen LogP contribution is 2.64. The topological polar surface area (TPSA) is 156 Å². The number of alkyl halides is 5. The maximum atomic E-state index is 15.6. The molecule has 2 aliphatic rings. The van der Waals surface area contributed by atoms with Crippen molar-refractivity contribution in [3.63, 3.8) is 0 Å². The fraction of sp³-hybridized carbons (Fsp3) is 0.371. The number of nitrogens with zero attached hydrogens (tertiary/aromatic N) is 5. The van der Waals surface area contributed by atoms with Crippen molar-refractivity contribution in [3.8, 4) is 11.1 Å². The number of aromatic nitrogens is 5. The maximum Gasteiger partial charge on any atom is 0.435 e. The molecule has 0 unspecified atom stereocenters. The van der Waals surface area contributed by atoms with E-state index >= 15 is 8.78 Å². The molecule has 5 aromatic rings. The summed E-state index contributed by atoms with van der Waals surface area (Å²) in [4.78, 5) is 18.6. The second kappa shape index (κ2) is 14.2. The SMILES string of the molecule is Cn1nc(NS(C)(=O)=O)c2c(Cl)ccc(-c3ccc(NCCO)nc3[C@H](Cc3cc(F)cc(F)c3)NC(=O)Cn3nc(C(F)(F)F)c4c3C(F)(F)[C@@H]3CC[C@H]43)c21. The van der Waals surface area contributed by atoms with Crippen molar-refractivity contribution in [1.29, 1.82) is 0 Å². The molecule has 12 nitrogen and oxygen atoms in total. The Morgan fingerprint density at radius 1 is 1.07 bits per heavy atom. The minimum atomic E-state index is -5.08. The molecule has 1 amide bonds. The first-order valence-corrected chi connectivity index (χ1v) is 19.3. The second-order valence-electron chi connectivity index (χ2n) is 13.7. The number of pyridine rings is 1. The molecule has 3 atom stereocenters. The number of carbonyl (C=O) groups is 1. The van der Waals surface area contributed by atoms with Crippen LogP contribution in [0, 0.1) is 17.6 Å². The Bertz CT molecular complexity index is 2470. The summed E-state index contributed by atoms with van der Waals surface area (Å²) >= 11 is 6.55. The van der Waals surface area contributed by atoms with Gasteiger partial charge in [0.1, 0.15) is 29.7 Å². The van der Waals surface area contributed by atoms with E-state index in [1.54, 1.807) is 12.1 Å². The highest BCUT2D eigenvalue weighted by molar-refractivity contribution is 7.92. The van der Waals surface area contributed by atoms with Gasteiger partial charge in [0.05, 0.1) is 40.5 Å². The summed E-state index contributed by atoms with van der Waals surface area (Å²) in [7, 11) is -2.33. The lowest BCUT2D eigenvalue weighted by Gasteiger charge is -2.34. The van der Waals surface area contributed by atoms with Crippen molar-refractivity contribution < 1.29 is 49.1 Å². The number of amides is 1.